The van der Waals surface area contributed by atoms with Crippen molar-refractivity contribution in [3.63, 3.8) is 0 Å². The first-order valence-corrected chi connectivity index (χ1v) is 6.70. The number of fused-ring (bicyclic) bond motifs is 1. The molecule has 0 spiro atoms. The summed E-state index contributed by atoms with van der Waals surface area (Å²) in [5.74, 6) is 0.187. The van der Waals surface area contributed by atoms with Crippen LogP contribution in [0.2, 0.25) is 0 Å². The molecule has 4 nitrogen and oxygen atoms in total. The standard InChI is InChI=1S/C15H18N2O2/c1-10-8-12-9-13(2-3-14(12)16-10)17-15(18)11-4-6-19-7-5-11/h2-3,8-9,11,16H,4-7H2,1H3,(H,17,18). The number of amides is 1. The molecule has 1 fully saturated rings. The lowest BCUT2D eigenvalue weighted by molar-refractivity contribution is -0.122. The third-order valence-corrected chi connectivity index (χ3v) is 3.62. The maximum Gasteiger partial charge on any atom is 0.227 e. The summed E-state index contributed by atoms with van der Waals surface area (Å²) in [6.45, 7) is 3.41. The molecule has 1 amide bonds. The van der Waals surface area contributed by atoms with Crippen LogP contribution in [0.25, 0.3) is 10.9 Å². The fourth-order valence-electron chi connectivity index (χ4n) is 2.56. The van der Waals surface area contributed by atoms with E-state index in [9.17, 15) is 4.79 Å². The number of ether oxygens (including phenoxy) is 1. The zero-order valence-electron chi connectivity index (χ0n) is 11.0. The van der Waals surface area contributed by atoms with Crippen molar-refractivity contribution in [2.24, 2.45) is 5.92 Å². The minimum atomic E-state index is 0.0809. The number of aromatic amines is 1. The Kier molecular flexibility index (Phi) is 3.25. The number of rotatable bonds is 2. The Labute approximate surface area is 112 Å². The van der Waals surface area contributed by atoms with Gasteiger partial charge in [-0.25, -0.2) is 0 Å². The molecule has 100 valence electrons. The number of carbonyl (C=O) groups is 1. The SMILES string of the molecule is Cc1cc2cc(NC(=O)C3CCOCC3)ccc2[nH]1. The van der Waals surface area contributed by atoms with Gasteiger partial charge in [-0.3, -0.25) is 4.79 Å². The number of benzene rings is 1. The monoisotopic (exact) mass is 258 g/mol. The van der Waals surface area contributed by atoms with Crippen LogP contribution < -0.4 is 5.32 Å². The highest BCUT2D eigenvalue weighted by Gasteiger charge is 2.21. The maximum absolute atomic E-state index is 12.1. The van der Waals surface area contributed by atoms with E-state index in [1.54, 1.807) is 0 Å². The number of aryl methyl sites for hydroxylation is 1. The number of H-pyrrole nitrogens is 1. The van der Waals surface area contributed by atoms with Crippen molar-refractivity contribution in [3.05, 3.63) is 30.0 Å². The molecule has 3 rings (SSSR count). The van der Waals surface area contributed by atoms with Crippen LogP contribution in [0.1, 0.15) is 18.5 Å². The van der Waals surface area contributed by atoms with Crippen LogP contribution in [0.5, 0.6) is 0 Å². The second-order valence-electron chi connectivity index (χ2n) is 5.13. The first kappa shape index (κ1) is 12.2. The van der Waals surface area contributed by atoms with Crippen LogP contribution in [-0.4, -0.2) is 24.1 Å². The van der Waals surface area contributed by atoms with E-state index < -0.39 is 0 Å². The second kappa shape index (κ2) is 5.05. The zero-order valence-corrected chi connectivity index (χ0v) is 11.0. The first-order valence-electron chi connectivity index (χ1n) is 6.70. The molecular formula is C15H18N2O2. The van der Waals surface area contributed by atoms with Crippen molar-refractivity contribution in [2.75, 3.05) is 18.5 Å². The third-order valence-electron chi connectivity index (χ3n) is 3.62. The van der Waals surface area contributed by atoms with E-state index in [1.807, 2.05) is 25.1 Å². The van der Waals surface area contributed by atoms with E-state index >= 15 is 0 Å². The summed E-state index contributed by atoms with van der Waals surface area (Å²) in [5, 5.41) is 4.13. The van der Waals surface area contributed by atoms with Gasteiger partial charge in [0.15, 0.2) is 0 Å². The van der Waals surface area contributed by atoms with Crippen molar-refractivity contribution in [1.29, 1.82) is 0 Å². The summed E-state index contributed by atoms with van der Waals surface area (Å²) in [6, 6.07) is 8.03. The van der Waals surface area contributed by atoms with Gasteiger partial charge in [-0.15, -0.1) is 0 Å². The van der Waals surface area contributed by atoms with E-state index in [2.05, 4.69) is 16.4 Å². The van der Waals surface area contributed by atoms with Crippen LogP contribution in [0.15, 0.2) is 24.3 Å². The van der Waals surface area contributed by atoms with E-state index in [1.165, 1.54) is 0 Å². The molecule has 0 bridgehead atoms. The molecule has 19 heavy (non-hydrogen) atoms. The lowest BCUT2D eigenvalue weighted by Crippen LogP contribution is -2.28. The van der Waals surface area contributed by atoms with Gasteiger partial charge in [0.25, 0.3) is 0 Å². The number of carbonyl (C=O) groups excluding carboxylic acids is 1. The fraction of sp³-hybridized carbons (Fsp3) is 0.400. The van der Waals surface area contributed by atoms with Gasteiger partial charge in [-0.2, -0.15) is 0 Å². The van der Waals surface area contributed by atoms with Gasteiger partial charge in [-0.05, 0) is 44.0 Å². The molecule has 1 aliphatic rings. The zero-order chi connectivity index (χ0) is 13.2. The number of hydrogen-bond donors (Lipinski definition) is 2. The number of nitrogens with one attached hydrogen (secondary N) is 2. The molecule has 0 unspecified atom stereocenters. The van der Waals surface area contributed by atoms with Crippen LogP contribution in [0.4, 0.5) is 5.69 Å². The van der Waals surface area contributed by atoms with Gasteiger partial charge < -0.3 is 15.0 Å². The highest BCUT2D eigenvalue weighted by Crippen LogP contribution is 2.22. The van der Waals surface area contributed by atoms with Gasteiger partial charge in [0.05, 0.1) is 0 Å². The smallest absolute Gasteiger partial charge is 0.227 e. The van der Waals surface area contributed by atoms with E-state index in [4.69, 9.17) is 4.74 Å². The molecule has 1 aromatic heterocycles. The highest BCUT2D eigenvalue weighted by molar-refractivity contribution is 5.95. The molecule has 0 aliphatic carbocycles. The fourth-order valence-corrected chi connectivity index (χ4v) is 2.56. The van der Waals surface area contributed by atoms with Crippen molar-refractivity contribution in [1.82, 2.24) is 4.98 Å². The molecule has 0 saturated carbocycles. The Morgan fingerprint density at radius 1 is 1.32 bits per heavy atom. The van der Waals surface area contributed by atoms with Gasteiger partial charge in [-0.1, -0.05) is 0 Å². The van der Waals surface area contributed by atoms with Crippen molar-refractivity contribution < 1.29 is 9.53 Å². The summed E-state index contributed by atoms with van der Waals surface area (Å²) in [6.07, 6.45) is 1.63. The van der Waals surface area contributed by atoms with Gasteiger partial charge in [0, 0.05) is 41.4 Å². The van der Waals surface area contributed by atoms with Crippen molar-refractivity contribution in [2.45, 2.75) is 19.8 Å². The Morgan fingerprint density at radius 2 is 2.11 bits per heavy atom. The Hall–Kier alpha value is -1.81. The van der Waals surface area contributed by atoms with Gasteiger partial charge in [0.2, 0.25) is 5.91 Å². The largest absolute Gasteiger partial charge is 0.381 e. The third kappa shape index (κ3) is 2.63. The minimum absolute atomic E-state index is 0.0809. The van der Waals surface area contributed by atoms with Crippen LogP contribution in [0, 0.1) is 12.8 Å². The quantitative estimate of drug-likeness (QED) is 0.870. The topological polar surface area (TPSA) is 54.1 Å². The first-order chi connectivity index (χ1) is 9.22. The highest BCUT2D eigenvalue weighted by atomic mass is 16.5. The van der Waals surface area contributed by atoms with E-state index in [0.717, 1.165) is 35.1 Å². The molecule has 2 heterocycles. The summed E-state index contributed by atoms with van der Waals surface area (Å²) in [5.41, 5.74) is 3.09. The van der Waals surface area contributed by atoms with E-state index in [0.29, 0.717) is 13.2 Å². The molecular weight excluding hydrogens is 240 g/mol. The minimum Gasteiger partial charge on any atom is -0.381 e. The lowest BCUT2D eigenvalue weighted by atomic mass is 9.99. The number of aromatic nitrogens is 1. The molecule has 4 heteroatoms. The van der Waals surface area contributed by atoms with Crippen LogP contribution in [-0.2, 0) is 9.53 Å². The predicted octanol–water partition coefficient (Wildman–Crippen LogP) is 2.84. The predicted molar refractivity (Wildman–Crippen MR) is 75.2 cm³/mol. The lowest BCUT2D eigenvalue weighted by Gasteiger charge is -2.21. The summed E-state index contributed by atoms with van der Waals surface area (Å²) >= 11 is 0. The molecule has 0 radical (unpaired) electrons. The van der Waals surface area contributed by atoms with Gasteiger partial charge >= 0.3 is 0 Å². The Morgan fingerprint density at radius 3 is 2.89 bits per heavy atom. The van der Waals surface area contributed by atoms with Crippen molar-refractivity contribution in [3.8, 4) is 0 Å². The second-order valence-corrected chi connectivity index (χ2v) is 5.13. The number of hydrogen-bond acceptors (Lipinski definition) is 2. The van der Waals surface area contributed by atoms with Crippen LogP contribution >= 0.6 is 0 Å². The molecule has 2 aromatic rings. The molecule has 1 aliphatic heterocycles. The molecule has 1 saturated heterocycles. The average Bonchev–Trinajstić information content (AvgIpc) is 2.79. The Balaban J connectivity index is 1.74. The average molecular weight is 258 g/mol. The Bertz CT molecular complexity index is 597. The van der Waals surface area contributed by atoms with E-state index in [-0.39, 0.29) is 11.8 Å². The number of anilines is 1. The summed E-state index contributed by atoms with van der Waals surface area (Å²) in [4.78, 5) is 15.4. The maximum atomic E-state index is 12.1. The van der Waals surface area contributed by atoms with Gasteiger partial charge in [0.1, 0.15) is 0 Å². The molecule has 2 N–H and O–H groups in total. The molecule has 1 aromatic carbocycles. The summed E-state index contributed by atoms with van der Waals surface area (Å²) in [7, 11) is 0. The normalized spacial score (nSPS) is 16.7. The van der Waals surface area contributed by atoms with Crippen molar-refractivity contribution >= 4 is 22.5 Å². The molecule has 0 atom stereocenters. The summed E-state index contributed by atoms with van der Waals surface area (Å²) < 4.78 is 5.28. The van der Waals surface area contributed by atoms with Crippen LogP contribution in [0.3, 0.4) is 0 Å².